The SMILES string of the molecule is O=C(NC1CC(Nc2nc(C(F)(F)F)nc3ccccc23)C1)C1CC1. The molecule has 1 aromatic heterocycles. The van der Waals surface area contributed by atoms with E-state index >= 15 is 0 Å². The van der Waals surface area contributed by atoms with E-state index in [9.17, 15) is 18.0 Å². The van der Waals surface area contributed by atoms with Gasteiger partial charge in [0.15, 0.2) is 0 Å². The fraction of sp³-hybridized carbons (Fsp3) is 0.471. The third-order valence-corrected chi connectivity index (χ3v) is 4.63. The van der Waals surface area contributed by atoms with Gasteiger partial charge in [-0.2, -0.15) is 13.2 Å². The Bertz CT molecular complexity index is 813. The Morgan fingerprint density at radius 1 is 1.08 bits per heavy atom. The maximum absolute atomic E-state index is 13.0. The van der Waals surface area contributed by atoms with Gasteiger partial charge in [-0.05, 0) is 37.8 Å². The Balaban J connectivity index is 1.48. The molecule has 0 radical (unpaired) electrons. The molecule has 1 heterocycles. The summed E-state index contributed by atoms with van der Waals surface area (Å²) >= 11 is 0. The summed E-state index contributed by atoms with van der Waals surface area (Å²) in [5, 5.41) is 6.61. The van der Waals surface area contributed by atoms with Crippen molar-refractivity contribution in [2.24, 2.45) is 5.92 Å². The largest absolute Gasteiger partial charge is 0.451 e. The summed E-state index contributed by atoms with van der Waals surface area (Å²) in [5.41, 5.74) is 0.255. The summed E-state index contributed by atoms with van der Waals surface area (Å²) in [4.78, 5) is 19.0. The Morgan fingerprint density at radius 3 is 2.48 bits per heavy atom. The van der Waals surface area contributed by atoms with Crippen LogP contribution in [0.5, 0.6) is 0 Å². The van der Waals surface area contributed by atoms with Crippen molar-refractivity contribution < 1.29 is 18.0 Å². The third kappa shape index (κ3) is 3.38. The lowest BCUT2D eigenvalue weighted by molar-refractivity contribution is -0.144. The van der Waals surface area contributed by atoms with Gasteiger partial charge in [0.05, 0.1) is 5.52 Å². The zero-order chi connectivity index (χ0) is 17.6. The van der Waals surface area contributed by atoms with E-state index in [2.05, 4.69) is 20.6 Å². The van der Waals surface area contributed by atoms with E-state index in [0.29, 0.717) is 18.2 Å². The fourth-order valence-electron chi connectivity index (χ4n) is 3.02. The highest BCUT2D eigenvalue weighted by Crippen LogP contribution is 2.33. The molecule has 0 atom stereocenters. The van der Waals surface area contributed by atoms with E-state index in [0.717, 1.165) is 12.8 Å². The van der Waals surface area contributed by atoms with Crippen LogP contribution >= 0.6 is 0 Å². The fourth-order valence-corrected chi connectivity index (χ4v) is 3.02. The molecule has 2 N–H and O–H groups in total. The van der Waals surface area contributed by atoms with Crippen LogP contribution in [0.15, 0.2) is 24.3 Å². The monoisotopic (exact) mass is 350 g/mol. The molecule has 2 saturated carbocycles. The van der Waals surface area contributed by atoms with Crippen LogP contribution in [0.3, 0.4) is 0 Å². The number of carbonyl (C=O) groups is 1. The van der Waals surface area contributed by atoms with Gasteiger partial charge < -0.3 is 10.6 Å². The number of carbonyl (C=O) groups excluding carboxylic acids is 1. The van der Waals surface area contributed by atoms with Gasteiger partial charge in [0.1, 0.15) is 5.82 Å². The molecule has 2 aliphatic rings. The first kappa shape index (κ1) is 16.1. The molecule has 4 rings (SSSR count). The molecule has 25 heavy (non-hydrogen) atoms. The summed E-state index contributed by atoms with van der Waals surface area (Å²) in [7, 11) is 0. The molecule has 0 saturated heterocycles. The predicted molar refractivity (Wildman–Crippen MR) is 85.8 cm³/mol. The number of anilines is 1. The van der Waals surface area contributed by atoms with Gasteiger partial charge >= 0.3 is 6.18 Å². The van der Waals surface area contributed by atoms with Gasteiger partial charge in [-0.25, -0.2) is 9.97 Å². The highest BCUT2D eigenvalue weighted by atomic mass is 19.4. The van der Waals surface area contributed by atoms with Crippen molar-refractivity contribution in [1.82, 2.24) is 15.3 Å². The Labute approximate surface area is 142 Å². The molecular weight excluding hydrogens is 333 g/mol. The summed E-state index contributed by atoms with van der Waals surface area (Å²) in [6, 6.07) is 6.69. The Kier molecular flexibility index (Phi) is 3.77. The quantitative estimate of drug-likeness (QED) is 0.889. The second-order valence-electron chi connectivity index (χ2n) is 6.70. The van der Waals surface area contributed by atoms with Crippen molar-refractivity contribution in [3.63, 3.8) is 0 Å². The van der Waals surface area contributed by atoms with Gasteiger partial charge in [0, 0.05) is 23.4 Å². The van der Waals surface area contributed by atoms with Crippen LogP contribution in [0, 0.1) is 5.92 Å². The van der Waals surface area contributed by atoms with Gasteiger partial charge in [0.25, 0.3) is 0 Å². The van der Waals surface area contributed by atoms with Crippen molar-refractivity contribution in [2.75, 3.05) is 5.32 Å². The molecule has 0 spiro atoms. The molecule has 2 aliphatic carbocycles. The van der Waals surface area contributed by atoms with E-state index in [1.54, 1.807) is 18.2 Å². The van der Waals surface area contributed by atoms with E-state index in [-0.39, 0.29) is 35.2 Å². The first-order valence-electron chi connectivity index (χ1n) is 8.31. The number of halogens is 3. The Hall–Kier alpha value is -2.38. The maximum atomic E-state index is 13.0. The summed E-state index contributed by atoms with van der Waals surface area (Å²) < 4.78 is 39.0. The molecule has 1 amide bonds. The molecule has 2 fully saturated rings. The third-order valence-electron chi connectivity index (χ3n) is 4.63. The number of para-hydroxylation sites is 1. The summed E-state index contributed by atoms with van der Waals surface area (Å²) in [5.74, 6) is -0.705. The predicted octanol–water partition coefficient (Wildman–Crippen LogP) is 3.12. The molecule has 1 aromatic carbocycles. The standard InChI is InChI=1S/C17H17F3N4O/c18-17(19,20)16-23-13-4-2-1-3-12(13)14(24-16)21-10-7-11(8-10)22-15(25)9-5-6-9/h1-4,9-11H,5-8H2,(H,22,25)(H,21,23,24). The van der Waals surface area contributed by atoms with Gasteiger partial charge in [0.2, 0.25) is 11.7 Å². The molecular formula is C17H17F3N4O. The second-order valence-corrected chi connectivity index (χ2v) is 6.70. The zero-order valence-corrected chi connectivity index (χ0v) is 13.3. The van der Waals surface area contributed by atoms with Gasteiger partial charge in [-0.15, -0.1) is 0 Å². The lowest BCUT2D eigenvalue weighted by atomic mass is 9.86. The Morgan fingerprint density at radius 2 is 1.80 bits per heavy atom. The minimum absolute atomic E-state index is 0.0103. The molecule has 132 valence electrons. The summed E-state index contributed by atoms with van der Waals surface area (Å²) in [6.07, 6.45) is -1.34. The minimum Gasteiger partial charge on any atom is -0.367 e. The number of fused-ring (bicyclic) bond motifs is 1. The number of hydrogen-bond acceptors (Lipinski definition) is 4. The van der Waals surface area contributed by atoms with Gasteiger partial charge in [-0.1, -0.05) is 12.1 Å². The number of alkyl halides is 3. The van der Waals surface area contributed by atoms with Crippen LogP contribution in [-0.2, 0) is 11.0 Å². The number of rotatable bonds is 4. The molecule has 0 bridgehead atoms. The number of nitrogens with one attached hydrogen (secondary N) is 2. The first-order valence-corrected chi connectivity index (χ1v) is 8.31. The minimum atomic E-state index is -4.60. The second kappa shape index (κ2) is 5.86. The smallest absolute Gasteiger partial charge is 0.367 e. The topological polar surface area (TPSA) is 66.9 Å². The van der Waals surface area contributed by atoms with E-state index in [4.69, 9.17) is 0 Å². The van der Waals surface area contributed by atoms with Crippen molar-refractivity contribution in [1.29, 1.82) is 0 Å². The maximum Gasteiger partial charge on any atom is 0.451 e. The zero-order valence-electron chi connectivity index (χ0n) is 13.3. The molecule has 0 aliphatic heterocycles. The van der Waals surface area contributed by atoms with E-state index < -0.39 is 12.0 Å². The lowest BCUT2D eigenvalue weighted by Gasteiger charge is -2.36. The van der Waals surface area contributed by atoms with Crippen LogP contribution in [-0.4, -0.2) is 28.0 Å². The van der Waals surface area contributed by atoms with Crippen molar-refractivity contribution >= 4 is 22.6 Å². The van der Waals surface area contributed by atoms with Crippen molar-refractivity contribution in [2.45, 2.75) is 43.9 Å². The molecule has 8 heteroatoms. The lowest BCUT2D eigenvalue weighted by Crippen LogP contribution is -2.50. The van der Waals surface area contributed by atoms with Crippen LogP contribution in [0.1, 0.15) is 31.5 Å². The van der Waals surface area contributed by atoms with E-state index in [1.165, 1.54) is 6.07 Å². The van der Waals surface area contributed by atoms with Crippen molar-refractivity contribution in [3.8, 4) is 0 Å². The number of aromatic nitrogens is 2. The average Bonchev–Trinajstić information content (AvgIpc) is 3.36. The molecule has 0 unspecified atom stereocenters. The van der Waals surface area contributed by atoms with Gasteiger partial charge in [-0.3, -0.25) is 4.79 Å². The number of nitrogens with zero attached hydrogens (tertiary/aromatic N) is 2. The summed E-state index contributed by atoms with van der Waals surface area (Å²) in [6.45, 7) is 0. The number of amides is 1. The van der Waals surface area contributed by atoms with Crippen LogP contribution in [0.2, 0.25) is 0 Å². The van der Waals surface area contributed by atoms with Crippen LogP contribution in [0.25, 0.3) is 10.9 Å². The van der Waals surface area contributed by atoms with Crippen LogP contribution in [0.4, 0.5) is 19.0 Å². The highest BCUT2D eigenvalue weighted by molar-refractivity contribution is 5.89. The molecule has 5 nitrogen and oxygen atoms in total. The van der Waals surface area contributed by atoms with Crippen molar-refractivity contribution in [3.05, 3.63) is 30.1 Å². The highest BCUT2D eigenvalue weighted by Gasteiger charge is 2.38. The molecule has 2 aromatic rings. The van der Waals surface area contributed by atoms with Crippen LogP contribution < -0.4 is 10.6 Å². The first-order chi connectivity index (χ1) is 11.9. The number of benzene rings is 1. The normalized spacial score (nSPS) is 23.2. The number of hydrogen-bond donors (Lipinski definition) is 2. The van der Waals surface area contributed by atoms with E-state index in [1.807, 2.05) is 0 Å². The average molecular weight is 350 g/mol.